The van der Waals surface area contributed by atoms with E-state index in [0.717, 1.165) is 7.11 Å². The summed E-state index contributed by atoms with van der Waals surface area (Å²) in [6.45, 7) is 0.288. The molecule has 0 N–H and O–H groups in total. The van der Waals surface area contributed by atoms with E-state index >= 15 is 0 Å². The molecule has 0 aromatic rings. The van der Waals surface area contributed by atoms with E-state index in [1.165, 1.54) is 6.92 Å². The number of ether oxygens (including phenoxy) is 1. The van der Waals surface area contributed by atoms with Gasteiger partial charge in [-0.3, -0.25) is 9.59 Å². The van der Waals surface area contributed by atoms with Crippen molar-refractivity contribution in [3.63, 3.8) is 0 Å². The Kier molecular flexibility index (Phi) is 5.50. The Labute approximate surface area is 99.7 Å². The SMILES string of the molecule is CCN(CCC(=O)OC)C(=O)C(F)(F)C(F)(F)F. The van der Waals surface area contributed by atoms with Crippen LogP contribution in [0.1, 0.15) is 13.3 Å². The Bertz CT molecular complexity index is 316. The monoisotopic (exact) mass is 277 g/mol. The normalized spacial score (nSPS) is 12.2. The van der Waals surface area contributed by atoms with E-state index < -0.39 is 36.9 Å². The Balaban J connectivity index is 4.77. The number of hydrogen-bond acceptors (Lipinski definition) is 3. The standard InChI is InChI=1S/C9H12F5NO3/c1-3-15(5-4-6(16)18-2)7(17)8(10,11)9(12,13)14/h3-5H2,1-2H3. The molecule has 0 heterocycles. The minimum Gasteiger partial charge on any atom is -0.469 e. The van der Waals surface area contributed by atoms with Crippen molar-refractivity contribution >= 4 is 11.9 Å². The number of nitrogens with zero attached hydrogens (tertiary/aromatic N) is 1. The lowest BCUT2D eigenvalue weighted by Crippen LogP contribution is -2.52. The van der Waals surface area contributed by atoms with Crippen molar-refractivity contribution in [2.45, 2.75) is 25.4 Å². The fourth-order valence-corrected chi connectivity index (χ4v) is 1.05. The zero-order chi connectivity index (χ0) is 14.6. The number of carbonyl (C=O) groups excluding carboxylic acids is 2. The molecule has 0 fully saturated rings. The van der Waals surface area contributed by atoms with E-state index in [1.54, 1.807) is 0 Å². The van der Waals surface area contributed by atoms with Gasteiger partial charge in [0, 0.05) is 13.1 Å². The zero-order valence-electron chi connectivity index (χ0n) is 9.68. The minimum absolute atomic E-state index is 0.254. The molecule has 0 rings (SSSR count). The second kappa shape index (κ2) is 5.96. The molecule has 1 amide bonds. The van der Waals surface area contributed by atoms with Crippen LogP contribution < -0.4 is 0 Å². The summed E-state index contributed by atoms with van der Waals surface area (Å²) in [5.41, 5.74) is 0. The Hall–Kier alpha value is -1.41. The summed E-state index contributed by atoms with van der Waals surface area (Å²) in [7, 11) is 1.03. The van der Waals surface area contributed by atoms with Gasteiger partial charge in [0.1, 0.15) is 0 Å². The Morgan fingerprint density at radius 3 is 2.00 bits per heavy atom. The molecular weight excluding hydrogens is 265 g/mol. The van der Waals surface area contributed by atoms with Crippen molar-refractivity contribution in [2.24, 2.45) is 0 Å². The quantitative estimate of drug-likeness (QED) is 0.566. The highest BCUT2D eigenvalue weighted by Crippen LogP contribution is 2.36. The lowest BCUT2D eigenvalue weighted by molar-refractivity contribution is -0.274. The third kappa shape index (κ3) is 3.81. The van der Waals surface area contributed by atoms with Crippen LogP contribution >= 0.6 is 0 Å². The van der Waals surface area contributed by atoms with E-state index in [0.29, 0.717) is 0 Å². The first kappa shape index (κ1) is 16.6. The van der Waals surface area contributed by atoms with E-state index in [9.17, 15) is 31.5 Å². The van der Waals surface area contributed by atoms with Crippen LogP contribution in [0.4, 0.5) is 22.0 Å². The molecule has 4 nitrogen and oxygen atoms in total. The molecule has 18 heavy (non-hydrogen) atoms. The smallest absolute Gasteiger partial charge is 0.463 e. The zero-order valence-corrected chi connectivity index (χ0v) is 9.68. The number of carbonyl (C=O) groups is 2. The molecule has 0 radical (unpaired) electrons. The van der Waals surface area contributed by atoms with E-state index in [2.05, 4.69) is 4.74 Å². The fraction of sp³-hybridized carbons (Fsp3) is 0.778. The van der Waals surface area contributed by atoms with Gasteiger partial charge < -0.3 is 9.64 Å². The maximum Gasteiger partial charge on any atom is 0.463 e. The van der Waals surface area contributed by atoms with Crippen LogP contribution in [0.15, 0.2) is 0 Å². The summed E-state index contributed by atoms with van der Waals surface area (Å²) < 4.78 is 65.5. The molecule has 0 saturated carbocycles. The van der Waals surface area contributed by atoms with Gasteiger partial charge in [-0.15, -0.1) is 0 Å². The molecule has 0 spiro atoms. The highest BCUT2D eigenvalue weighted by atomic mass is 19.4. The average molecular weight is 277 g/mol. The van der Waals surface area contributed by atoms with Gasteiger partial charge in [0.05, 0.1) is 13.5 Å². The van der Waals surface area contributed by atoms with Crippen LogP contribution in [0.5, 0.6) is 0 Å². The van der Waals surface area contributed by atoms with Crippen molar-refractivity contribution in [3.8, 4) is 0 Å². The van der Waals surface area contributed by atoms with E-state index in [4.69, 9.17) is 0 Å². The molecule has 106 valence electrons. The summed E-state index contributed by atoms with van der Waals surface area (Å²) in [6, 6.07) is 0. The summed E-state index contributed by atoms with van der Waals surface area (Å²) in [6.07, 6.45) is -6.41. The van der Waals surface area contributed by atoms with Gasteiger partial charge >= 0.3 is 24.0 Å². The summed E-state index contributed by atoms with van der Waals surface area (Å²) in [5.74, 6) is -8.64. The van der Waals surface area contributed by atoms with Crippen LogP contribution in [-0.4, -0.2) is 49.1 Å². The summed E-state index contributed by atoms with van der Waals surface area (Å²) >= 11 is 0. The van der Waals surface area contributed by atoms with Gasteiger partial charge in [-0.2, -0.15) is 22.0 Å². The number of methoxy groups -OCH3 is 1. The van der Waals surface area contributed by atoms with Gasteiger partial charge in [-0.1, -0.05) is 0 Å². The number of rotatable bonds is 5. The molecule has 0 unspecified atom stereocenters. The van der Waals surface area contributed by atoms with Crippen molar-refractivity contribution < 1.29 is 36.3 Å². The fourth-order valence-electron chi connectivity index (χ4n) is 1.05. The maximum atomic E-state index is 12.7. The summed E-state index contributed by atoms with van der Waals surface area (Å²) in [5, 5.41) is 0. The molecule has 0 atom stereocenters. The molecule has 0 aromatic carbocycles. The van der Waals surface area contributed by atoms with Crippen LogP contribution in [-0.2, 0) is 14.3 Å². The largest absolute Gasteiger partial charge is 0.469 e. The lowest BCUT2D eigenvalue weighted by Gasteiger charge is -2.26. The lowest BCUT2D eigenvalue weighted by atomic mass is 10.2. The Morgan fingerprint density at radius 1 is 1.17 bits per heavy atom. The third-order valence-corrected chi connectivity index (χ3v) is 2.11. The molecule has 0 bridgehead atoms. The van der Waals surface area contributed by atoms with E-state index in [-0.39, 0.29) is 11.4 Å². The molecule has 0 saturated heterocycles. The first-order valence-electron chi connectivity index (χ1n) is 4.88. The van der Waals surface area contributed by atoms with Crippen LogP contribution in [0.2, 0.25) is 0 Å². The van der Waals surface area contributed by atoms with Crippen molar-refractivity contribution in [1.29, 1.82) is 0 Å². The van der Waals surface area contributed by atoms with Gasteiger partial charge in [-0.05, 0) is 6.92 Å². The van der Waals surface area contributed by atoms with Gasteiger partial charge in [0.25, 0.3) is 0 Å². The number of esters is 1. The third-order valence-electron chi connectivity index (χ3n) is 2.11. The van der Waals surface area contributed by atoms with Crippen LogP contribution in [0, 0.1) is 0 Å². The second-order valence-electron chi connectivity index (χ2n) is 3.28. The molecule has 0 aliphatic rings. The molecule has 0 aliphatic heterocycles. The predicted molar refractivity (Wildman–Crippen MR) is 49.9 cm³/mol. The number of amides is 1. The highest BCUT2D eigenvalue weighted by molar-refractivity contribution is 5.84. The second-order valence-corrected chi connectivity index (χ2v) is 3.28. The van der Waals surface area contributed by atoms with Gasteiger partial charge in [0.15, 0.2) is 0 Å². The van der Waals surface area contributed by atoms with E-state index in [1.807, 2.05) is 0 Å². The van der Waals surface area contributed by atoms with Gasteiger partial charge in [-0.25, -0.2) is 0 Å². The van der Waals surface area contributed by atoms with Crippen molar-refractivity contribution in [2.75, 3.05) is 20.2 Å². The van der Waals surface area contributed by atoms with Crippen LogP contribution in [0.25, 0.3) is 0 Å². The molecule has 0 aromatic heterocycles. The number of hydrogen-bond donors (Lipinski definition) is 0. The van der Waals surface area contributed by atoms with Crippen molar-refractivity contribution in [1.82, 2.24) is 4.90 Å². The van der Waals surface area contributed by atoms with Gasteiger partial charge in [0.2, 0.25) is 0 Å². The topological polar surface area (TPSA) is 46.6 Å². The first-order chi connectivity index (χ1) is 8.07. The van der Waals surface area contributed by atoms with Crippen LogP contribution in [0.3, 0.4) is 0 Å². The summed E-state index contributed by atoms with van der Waals surface area (Å²) in [4.78, 5) is 22.0. The minimum atomic E-state index is -5.96. The molecule has 9 heteroatoms. The Morgan fingerprint density at radius 2 is 1.67 bits per heavy atom. The number of alkyl halides is 5. The predicted octanol–water partition coefficient (Wildman–Crippen LogP) is 1.60. The molecule has 0 aliphatic carbocycles. The first-order valence-corrected chi connectivity index (χ1v) is 4.88. The highest BCUT2D eigenvalue weighted by Gasteiger charge is 2.64. The molecular formula is C9H12F5NO3. The maximum absolute atomic E-state index is 12.7. The number of halogens is 5. The van der Waals surface area contributed by atoms with Crippen molar-refractivity contribution in [3.05, 3.63) is 0 Å². The average Bonchev–Trinajstić information content (AvgIpc) is 2.27.